The Labute approximate surface area is 111 Å². The molecule has 1 rings (SSSR count). The van der Waals surface area contributed by atoms with Gasteiger partial charge in [-0.15, -0.1) is 11.8 Å². The number of nitrogens with zero attached hydrogens (tertiary/aromatic N) is 1. The molecule has 0 aliphatic rings. The van der Waals surface area contributed by atoms with Crippen LogP contribution in [-0.2, 0) is 4.79 Å². The van der Waals surface area contributed by atoms with Gasteiger partial charge >= 0.3 is 0 Å². The van der Waals surface area contributed by atoms with Crippen LogP contribution >= 0.6 is 11.8 Å². The Balaban J connectivity index is 2.66. The van der Waals surface area contributed by atoms with Gasteiger partial charge in [-0.05, 0) is 26.0 Å². The molecule has 0 saturated carbocycles. The standard InChI is InChI=1S/C13H16N2O2S/c1-3-17-12-7-5-4-6-11(12)15-13(16)10(2)18-9-8-14/h4-7,10H,3,9H2,1-2H3,(H,15,16). The Morgan fingerprint density at radius 1 is 1.56 bits per heavy atom. The summed E-state index contributed by atoms with van der Waals surface area (Å²) in [5, 5.41) is 11.0. The summed E-state index contributed by atoms with van der Waals surface area (Å²) in [6, 6.07) is 9.31. The van der Waals surface area contributed by atoms with Crippen molar-refractivity contribution in [1.82, 2.24) is 0 Å². The van der Waals surface area contributed by atoms with Crippen molar-refractivity contribution in [2.45, 2.75) is 19.1 Å². The molecule has 0 heterocycles. The molecule has 0 fully saturated rings. The van der Waals surface area contributed by atoms with E-state index in [1.807, 2.05) is 31.2 Å². The lowest BCUT2D eigenvalue weighted by Gasteiger charge is -2.13. The second kappa shape index (κ2) is 7.62. The number of ether oxygens (including phenoxy) is 1. The summed E-state index contributed by atoms with van der Waals surface area (Å²) in [6.45, 7) is 4.22. The Hall–Kier alpha value is -1.67. The second-order valence-corrected chi connectivity index (χ2v) is 4.86. The molecule has 18 heavy (non-hydrogen) atoms. The van der Waals surface area contributed by atoms with Crippen LogP contribution in [0.3, 0.4) is 0 Å². The average Bonchev–Trinajstić information content (AvgIpc) is 2.38. The maximum absolute atomic E-state index is 11.9. The molecule has 5 heteroatoms. The van der Waals surface area contributed by atoms with E-state index in [4.69, 9.17) is 10.00 Å². The molecule has 0 bridgehead atoms. The highest BCUT2D eigenvalue weighted by atomic mass is 32.2. The third-order valence-electron chi connectivity index (χ3n) is 2.21. The fraction of sp³-hybridized carbons (Fsp3) is 0.385. The van der Waals surface area contributed by atoms with Crippen molar-refractivity contribution in [2.24, 2.45) is 0 Å². The SMILES string of the molecule is CCOc1ccccc1NC(=O)C(C)SCC#N. The largest absolute Gasteiger partial charge is 0.492 e. The second-order valence-electron chi connectivity index (χ2n) is 3.53. The van der Waals surface area contributed by atoms with E-state index < -0.39 is 0 Å². The smallest absolute Gasteiger partial charge is 0.237 e. The number of hydrogen-bond acceptors (Lipinski definition) is 4. The van der Waals surface area contributed by atoms with E-state index in [9.17, 15) is 4.79 Å². The van der Waals surface area contributed by atoms with Crippen LogP contribution < -0.4 is 10.1 Å². The van der Waals surface area contributed by atoms with Gasteiger partial charge in [0, 0.05) is 0 Å². The molecule has 0 spiro atoms. The Kier molecular flexibility index (Phi) is 6.09. The molecule has 0 saturated heterocycles. The minimum atomic E-state index is -0.265. The molecule has 0 aliphatic carbocycles. The van der Waals surface area contributed by atoms with Gasteiger partial charge in [0.2, 0.25) is 5.91 Å². The first kappa shape index (κ1) is 14.4. The first-order valence-electron chi connectivity index (χ1n) is 5.70. The van der Waals surface area contributed by atoms with Crippen molar-refractivity contribution in [3.63, 3.8) is 0 Å². The van der Waals surface area contributed by atoms with Crippen LogP contribution in [0.5, 0.6) is 5.75 Å². The Morgan fingerprint density at radius 2 is 2.28 bits per heavy atom. The molecule has 0 aromatic heterocycles. The van der Waals surface area contributed by atoms with E-state index in [2.05, 4.69) is 5.32 Å². The maximum Gasteiger partial charge on any atom is 0.237 e. The predicted molar refractivity (Wildman–Crippen MR) is 73.8 cm³/mol. The van der Waals surface area contributed by atoms with Gasteiger partial charge < -0.3 is 10.1 Å². The van der Waals surface area contributed by atoms with Crippen LogP contribution in [0.2, 0.25) is 0 Å². The number of benzene rings is 1. The van der Waals surface area contributed by atoms with Crippen LogP contribution in [0, 0.1) is 11.3 Å². The number of hydrogen-bond donors (Lipinski definition) is 1. The zero-order chi connectivity index (χ0) is 13.4. The maximum atomic E-state index is 11.9. The highest BCUT2D eigenvalue weighted by molar-refractivity contribution is 8.00. The van der Waals surface area contributed by atoms with E-state index in [-0.39, 0.29) is 11.2 Å². The van der Waals surface area contributed by atoms with Gasteiger partial charge in [0.25, 0.3) is 0 Å². The quantitative estimate of drug-likeness (QED) is 0.858. The summed E-state index contributed by atoms with van der Waals surface area (Å²) in [6.07, 6.45) is 0. The minimum absolute atomic E-state index is 0.123. The number of rotatable bonds is 6. The predicted octanol–water partition coefficient (Wildman–Crippen LogP) is 2.67. The number of carbonyl (C=O) groups excluding carboxylic acids is 1. The molecule has 4 nitrogen and oxygen atoms in total. The molecule has 1 amide bonds. The number of para-hydroxylation sites is 2. The Morgan fingerprint density at radius 3 is 2.94 bits per heavy atom. The van der Waals surface area contributed by atoms with Crippen molar-refractivity contribution < 1.29 is 9.53 Å². The van der Waals surface area contributed by atoms with Crippen molar-refractivity contribution in [3.8, 4) is 11.8 Å². The van der Waals surface area contributed by atoms with Crippen molar-refractivity contribution >= 4 is 23.4 Å². The number of nitriles is 1. The van der Waals surface area contributed by atoms with Crippen LogP contribution in [0.4, 0.5) is 5.69 Å². The summed E-state index contributed by atoms with van der Waals surface area (Å²) in [5.74, 6) is 0.843. The number of anilines is 1. The fourth-order valence-electron chi connectivity index (χ4n) is 1.32. The highest BCUT2D eigenvalue weighted by Crippen LogP contribution is 2.24. The number of nitrogens with one attached hydrogen (secondary N) is 1. The minimum Gasteiger partial charge on any atom is -0.492 e. The summed E-state index contributed by atoms with van der Waals surface area (Å²) >= 11 is 1.31. The first-order chi connectivity index (χ1) is 8.69. The monoisotopic (exact) mass is 264 g/mol. The molecule has 0 radical (unpaired) electrons. The lowest BCUT2D eigenvalue weighted by molar-refractivity contribution is -0.115. The normalized spacial score (nSPS) is 11.4. The third kappa shape index (κ3) is 4.30. The molecule has 1 aromatic carbocycles. The molecule has 1 N–H and O–H groups in total. The van der Waals surface area contributed by atoms with Gasteiger partial charge in [-0.25, -0.2) is 0 Å². The Bertz CT molecular complexity index is 443. The molecular formula is C13H16N2O2S. The van der Waals surface area contributed by atoms with Crippen LogP contribution in [-0.4, -0.2) is 23.5 Å². The van der Waals surface area contributed by atoms with E-state index >= 15 is 0 Å². The number of amides is 1. The topological polar surface area (TPSA) is 62.1 Å². The van der Waals surface area contributed by atoms with Crippen LogP contribution in [0.25, 0.3) is 0 Å². The van der Waals surface area contributed by atoms with Crippen molar-refractivity contribution in [3.05, 3.63) is 24.3 Å². The summed E-state index contributed by atoms with van der Waals surface area (Å²) in [4.78, 5) is 11.9. The highest BCUT2D eigenvalue weighted by Gasteiger charge is 2.14. The molecule has 0 aliphatic heterocycles. The lowest BCUT2D eigenvalue weighted by Crippen LogP contribution is -2.23. The number of thioether (sulfide) groups is 1. The van der Waals surface area contributed by atoms with Gasteiger partial charge in [0.05, 0.1) is 29.4 Å². The van der Waals surface area contributed by atoms with E-state index in [1.165, 1.54) is 11.8 Å². The number of carbonyl (C=O) groups is 1. The zero-order valence-corrected chi connectivity index (χ0v) is 11.3. The zero-order valence-electron chi connectivity index (χ0n) is 10.5. The van der Waals surface area contributed by atoms with E-state index in [0.29, 0.717) is 23.8 Å². The molecule has 1 atom stereocenters. The average molecular weight is 264 g/mol. The van der Waals surface area contributed by atoms with Gasteiger partial charge in [-0.1, -0.05) is 12.1 Å². The summed E-state index contributed by atoms with van der Waals surface area (Å²) in [7, 11) is 0. The molecule has 1 aromatic rings. The van der Waals surface area contributed by atoms with E-state index in [1.54, 1.807) is 13.0 Å². The van der Waals surface area contributed by atoms with Gasteiger partial charge in [0.15, 0.2) is 0 Å². The first-order valence-corrected chi connectivity index (χ1v) is 6.75. The van der Waals surface area contributed by atoms with Gasteiger partial charge in [0.1, 0.15) is 5.75 Å². The lowest BCUT2D eigenvalue weighted by atomic mass is 10.3. The molecule has 1 unspecified atom stereocenters. The summed E-state index contributed by atoms with van der Waals surface area (Å²) < 4.78 is 5.42. The van der Waals surface area contributed by atoms with Crippen LogP contribution in [0.15, 0.2) is 24.3 Å². The van der Waals surface area contributed by atoms with Crippen molar-refractivity contribution in [2.75, 3.05) is 17.7 Å². The van der Waals surface area contributed by atoms with Crippen molar-refractivity contribution in [1.29, 1.82) is 5.26 Å². The van der Waals surface area contributed by atoms with Gasteiger partial charge in [-0.3, -0.25) is 4.79 Å². The van der Waals surface area contributed by atoms with E-state index in [0.717, 1.165) is 0 Å². The summed E-state index contributed by atoms with van der Waals surface area (Å²) in [5.41, 5.74) is 0.661. The molecule has 96 valence electrons. The van der Waals surface area contributed by atoms with Crippen LogP contribution in [0.1, 0.15) is 13.8 Å². The molecular weight excluding hydrogens is 248 g/mol. The fourth-order valence-corrected chi connectivity index (χ4v) is 1.86. The third-order valence-corrected chi connectivity index (χ3v) is 3.22. The van der Waals surface area contributed by atoms with Gasteiger partial charge in [-0.2, -0.15) is 5.26 Å².